The number of unbranched alkanes of at least 4 members (excludes halogenated alkanes) is 3. The lowest BCUT2D eigenvalue weighted by atomic mass is 9.93. The quantitative estimate of drug-likeness (QED) is 0.631. The lowest BCUT2D eigenvalue weighted by molar-refractivity contribution is -0.0483. The molecule has 0 bridgehead atoms. The van der Waals surface area contributed by atoms with Crippen LogP contribution in [0.15, 0.2) is 21.9 Å². The van der Waals surface area contributed by atoms with E-state index in [2.05, 4.69) is 11.9 Å². The largest absolute Gasteiger partial charge is 0.394 e. The first-order valence-electron chi connectivity index (χ1n) is 7.84. The zero-order valence-corrected chi connectivity index (χ0v) is 12.8. The summed E-state index contributed by atoms with van der Waals surface area (Å²) in [5.74, 6) is -0.280. The fourth-order valence-corrected chi connectivity index (χ4v) is 2.98. The molecule has 3 N–H and O–H groups in total. The highest BCUT2D eigenvalue weighted by atomic mass is 16.5. The molecule has 0 unspecified atom stereocenters. The highest BCUT2D eigenvalue weighted by Gasteiger charge is 2.44. The van der Waals surface area contributed by atoms with Gasteiger partial charge in [-0.1, -0.05) is 32.6 Å². The molecular formula is C15H24N2O5. The molecule has 22 heavy (non-hydrogen) atoms. The number of aliphatic hydroxyl groups excluding tert-OH is 2. The van der Waals surface area contributed by atoms with Crippen molar-refractivity contribution in [3.8, 4) is 0 Å². The van der Waals surface area contributed by atoms with Crippen molar-refractivity contribution < 1.29 is 14.9 Å². The van der Waals surface area contributed by atoms with Crippen LogP contribution in [0.2, 0.25) is 0 Å². The zero-order chi connectivity index (χ0) is 16.1. The molecule has 2 rings (SSSR count). The number of rotatable bonds is 7. The topological polar surface area (TPSA) is 105 Å². The summed E-state index contributed by atoms with van der Waals surface area (Å²) in [6.45, 7) is 1.82. The summed E-state index contributed by atoms with van der Waals surface area (Å²) in [5, 5.41) is 19.6. The van der Waals surface area contributed by atoms with Crippen LogP contribution in [0, 0.1) is 5.92 Å². The van der Waals surface area contributed by atoms with Gasteiger partial charge in [-0.3, -0.25) is 14.3 Å². The first-order chi connectivity index (χ1) is 10.6. The van der Waals surface area contributed by atoms with Crippen molar-refractivity contribution in [1.82, 2.24) is 9.55 Å². The van der Waals surface area contributed by atoms with Gasteiger partial charge in [0.05, 0.1) is 12.7 Å². The Balaban J connectivity index is 2.18. The molecule has 4 atom stereocenters. The Hall–Kier alpha value is -1.44. The third kappa shape index (κ3) is 3.66. The van der Waals surface area contributed by atoms with Gasteiger partial charge < -0.3 is 14.9 Å². The fourth-order valence-electron chi connectivity index (χ4n) is 2.98. The number of aromatic amines is 1. The Morgan fingerprint density at radius 1 is 1.32 bits per heavy atom. The maximum atomic E-state index is 11.9. The first kappa shape index (κ1) is 16.9. The Morgan fingerprint density at radius 2 is 2.09 bits per heavy atom. The van der Waals surface area contributed by atoms with Crippen molar-refractivity contribution in [1.29, 1.82) is 0 Å². The molecule has 1 fully saturated rings. The van der Waals surface area contributed by atoms with Crippen LogP contribution in [-0.2, 0) is 4.74 Å². The molecule has 1 aromatic rings. The number of aliphatic hydroxyl groups is 2. The number of ether oxygens (including phenoxy) is 1. The van der Waals surface area contributed by atoms with Crippen molar-refractivity contribution in [2.45, 2.75) is 57.5 Å². The molecule has 1 aromatic heterocycles. The van der Waals surface area contributed by atoms with Gasteiger partial charge in [-0.05, 0) is 6.42 Å². The molecule has 2 heterocycles. The number of hydrogen-bond donors (Lipinski definition) is 3. The Kier molecular flexibility index (Phi) is 5.93. The summed E-state index contributed by atoms with van der Waals surface area (Å²) in [7, 11) is 0. The van der Waals surface area contributed by atoms with E-state index in [1.165, 1.54) is 16.8 Å². The van der Waals surface area contributed by atoms with Crippen LogP contribution in [0.1, 0.15) is 45.3 Å². The van der Waals surface area contributed by atoms with E-state index < -0.39 is 29.7 Å². The molecule has 124 valence electrons. The van der Waals surface area contributed by atoms with Gasteiger partial charge in [0.25, 0.3) is 5.56 Å². The van der Waals surface area contributed by atoms with E-state index in [1.54, 1.807) is 0 Å². The molecular weight excluding hydrogens is 288 g/mol. The summed E-state index contributed by atoms with van der Waals surface area (Å²) in [4.78, 5) is 25.3. The van der Waals surface area contributed by atoms with E-state index >= 15 is 0 Å². The van der Waals surface area contributed by atoms with Crippen LogP contribution >= 0.6 is 0 Å². The number of nitrogens with one attached hydrogen (secondary N) is 1. The van der Waals surface area contributed by atoms with Gasteiger partial charge in [0.2, 0.25) is 0 Å². The molecule has 1 aliphatic rings. The second-order valence-corrected chi connectivity index (χ2v) is 5.77. The second-order valence-electron chi connectivity index (χ2n) is 5.77. The average molecular weight is 312 g/mol. The van der Waals surface area contributed by atoms with Gasteiger partial charge in [0, 0.05) is 18.2 Å². The molecule has 0 spiro atoms. The van der Waals surface area contributed by atoms with Crippen molar-refractivity contribution in [3.05, 3.63) is 33.1 Å². The Labute approximate surface area is 128 Å². The summed E-state index contributed by atoms with van der Waals surface area (Å²) < 4.78 is 6.92. The van der Waals surface area contributed by atoms with Crippen LogP contribution in [0.3, 0.4) is 0 Å². The lowest BCUT2D eigenvalue weighted by Crippen LogP contribution is -2.34. The summed E-state index contributed by atoms with van der Waals surface area (Å²) in [5.41, 5.74) is -1.04. The van der Waals surface area contributed by atoms with E-state index in [4.69, 9.17) is 4.74 Å². The Bertz CT molecular complexity index is 582. The van der Waals surface area contributed by atoms with Gasteiger partial charge in [0.15, 0.2) is 0 Å². The maximum absolute atomic E-state index is 11.9. The molecule has 0 amide bonds. The van der Waals surface area contributed by atoms with Crippen LogP contribution in [0.5, 0.6) is 0 Å². The summed E-state index contributed by atoms with van der Waals surface area (Å²) in [6.07, 6.45) is 4.09. The number of aromatic nitrogens is 2. The number of hydrogen-bond acceptors (Lipinski definition) is 5. The van der Waals surface area contributed by atoms with Crippen molar-refractivity contribution in [2.75, 3.05) is 6.61 Å². The minimum Gasteiger partial charge on any atom is -0.394 e. The van der Waals surface area contributed by atoms with Crippen LogP contribution in [0.4, 0.5) is 0 Å². The predicted molar refractivity (Wildman–Crippen MR) is 80.6 cm³/mol. The van der Waals surface area contributed by atoms with Gasteiger partial charge in [-0.15, -0.1) is 0 Å². The molecule has 0 aromatic carbocycles. The van der Waals surface area contributed by atoms with Crippen molar-refractivity contribution in [2.24, 2.45) is 5.92 Å². The molecule has 7 nitrogen and oxygen atoms in total. The maximum Gasteiger partial charge on any atom is 0.330 e. The number of nitrogens with zero attached hydrogens (tertiary/aromatic N) is 1. The van der Waals surface area contributed by atoms with E-state index in [0.29, 0.717) is 6.42 Å². The van der Waals surface area contributed by atoms with Gasteiger partial charge in [-0.25, -0.2) is 4.79 Å². The van der Waals surface area contributed by atoms with E-state index in [1.807, 2.05) is 0 Å². The zero-order valence-electron chi connectivity index (χ0n) is 12.8. The second kappa shape index (κ2) is 7.71. The van der Waals surface area contributed by atoms with E-state index in [9.17, 15) is 19.8 Å². The van der Waals surface area contributed by atoms with E-state index in [0.717, 1.165) is 25.7 Å². The monoisotopic (exact) mass is 312 g/mol. The third-order valence-corrected chi connectivity index (χ3v) is 4.20. The van der Waals surface area contributed by atoms with Crippen LogP contribution in [0.25, 0.3) is 0 Å². The van der Waals surface area contributed by atoms with Crippen molar-refractivity contribution >= 4 is 0 Å². The summed E-state index contributed by atoms with van der Waals surface area (Å²) in [6, 6.07) is 1.25. The van der Waals surface area contributed by atoms with Crippen molar-refractivity contribution in [3.63, 3.8) is 0 Å². The molecule has 0 radical (unpaired) electrons. The molecule has 7 heteroatoms. The van der Waals surface area contributed by atoms with Gasteiger partial charge in [-0.2, -0.15) is 0 Å². The predicted octanol–water partition coefficient (Wildman–Crippen LogP) is 0.374. The lowest BCUT2D eigenvalue weighted by Gasteiger charge is -2.21. The third-order valence-electron chi connectivity index (χ3n) is 4.20. The molecule has 0 saturated carbocycles. The number of H-pyrrole nitrogens is 1. The molecule has 1 saturated heterocycles. The normalized spacial score (nSPS) is 28.1. The van der Waals surface area contributed by atoms with Crippen LogP contribution < -0.4 is 11.2 Å². The standard InChI is InChI=1S/C15H24N2O5/c1-2-3-4-5-6-10-13(20)11(9-18)22-14(10)17-8-7-12(19)16-15(17)21/h7-8,10-11,13-14,18,20H,2-6,9H2,1H3,(H,16,19,21)/t10-,11+,13-,14+/m0/s1. The molecule has 1 aliphatic heterocycles. The average Bonchev–Trinajstić information content (AvgIpc) is 2.80. The summed E-state index contributed by atoms with van der Waals surface area (Å²) >= 11 is 0. The highest BCUT2D eigenvalue weighted by molar-refractivity contribution is 4.92. The SMILES string of the molecule is CCCCCC[C@H]1[C@H](O)[C@@H](CO)O[C@H]1n1ccc(=O)[nH]c1=O. The minimum atomic E-state index is -0.824. The van der Waals surface area contributed by atoms with Crippen LogP contribution in [-0.4, -0.2) is 38.6 Å². The first-order valence-corrected chi connectivity index (χ1v) is 7.84. The van der Waals surface area contributed by atoms with E-state index in [-0.39, 0.29) is 12.5 Å². The molecule has 0 aliphatic carbocycles. The van der Waals surface area contributed by atoms with Gasteiger partial charge in [0.1, 0.15) is 12.3 Å². The highest BCUT2D eigenvalue weighted by Crippen LogP contribution is 2.37. The van der Waals surface area contributed by atoms with Gasteiger partial charge >= 0.3 is 5.69 Å². The minimum absolute atomic E-state index is 0.280. The Morgan fingerprint density at radius 3 is 2.73 bits per heavy atom. The smallest absolute Gasteiger partial charge is 0.330 e. The fraction of sp³-hybridized carbons (Fsp3) is 0.733.